The normalized spacial score (nSPS) is 12.0. The van der Waals surface area contributed by atoms with E-state index in [0.29, 0.717) is 16.3 Å². The van der Waals surface area contributed by atoms with Gasteiger partial charge < -0.3 is 20.3 Å². The smallest absolute Gasteiger partial charge is 0.387 e. The summed E-state index contributed by atoms with van der Waals surface area (Å²) in [4.78, 5) is 38.4. The fraction of sp³-hybridized carbons (Fsp3) is 0.308. The molecule has 2 N–H and O–H groups in total. The molecule has 1 atom stereocenters. The van der Waals surface area contributed by atoms with Gasteiger partial charge in [0.2, 0.25) is 5.91 Å². The summed E-state index contributed by atoms with van der Waals surface area (Å²) in [6.07, 6.45) is 4.83. The maximum atomic E-state index is 13.1. The van der Waals surface area contributed by atoms with Crippen LogP contribution in [-0.4, -0.2) is 79.0 Å². The predicted octanol–water partition coefficient (Wildman–Crippen LogP) is 3.73. The summed E-state index contributed by atoms with van der Waals surface area (Å²) >= 11 is 1.23. The van der Waals surface area contributed by atoms with E-state index in [1.165, 1.54) is 36.0 Å². The first-order valence-corrected chi connectivity index (χ1v) is 12.6. The number of alkyl halides is 2. The third kappa shape index (κ3) is 9.36. The van der Waals surface area contributed by atoms with Crippen molar-refractivity contribution in [3.05, 3.63) is 78.2 Å². The molecule has 2 amide bonds. The third-order valence-electron chi connectivity index (χ3n) is 5.23. The molecule has 3 aromatic rings. The van der Waals surface area contributed by atoms with Crippen molar-refractivity contribution in [2.75, 3.05) is 46.1 Å². The lowest BCUT2D eigenvalue weighted by Crippen LogP contribution is -2.39. The maximum absolute atomic E-state index is 13.1. The van der Waals surface area contributed by atoms with E-state index < -0.39 is 17.9 Å². The number of carbonyl (C=O) groups excluding carboxylic acids is 2. The summed E-state index contributed by atoms with van der Waals surface area (Å²) in [5.74, 6) is -0.626. The topological polar surface area (TPSA) is 99.7 Å². The van der Waals surface area contributed by atoms with E-state index in [-0.39, 0.29) is 18.2 Å². The van der Waals surface area contributed by atoms with Crippen molar-refractivity contribution in [2.24, 2.45) is 0 Å². The van der Waals surface area contributed by atoms with Gasteiger partial charge in [0.05, 0.1) is 12.1 Å². The van der Waals surface area contributed by atoms with E-state index in [1.807, 2.05) is 30.9 Å². The quantitative estimate of drug-likeness (QED) is 0.248. The standard InChI is InChI=1S/C26H30F2N6O3S/c1-33(2)15-16-34(3)17-22(35)32-24(18-10-13-29-14-11-18)38-25-21(5-4-12-30-25)23(36)31-19-6-8-20(9-7-19)37-26(27)28/h4-14,24,26H,15-17H2,1-3H3,(H,31,36)(H,32,35). The fourth-order valence-electron chi connectivity index (χ4n) is 3.29. The largest absolute Gasteiger partial charge is 0.435 e. The minimum atomic E-state index is -2.93. The molecule has 38 heavy (non-hydrogen) atoms. The van der Waals surface area contributed by atoms with Crippen molar-refractivity contribution in [1.29, 1.82) is 0 Å². The van der Waals surface area contributed by atoms with Crippen LogP contribution in [0.5, 0.6) is 5.75 Å². The minimum Gasteiger partial charge on any atom is -0.435 e. The number of nitrogens with zero attached hydrogens (tertiary/aromatic N) is 4. The third-order valence-corrected chi connectivity index (χ3v) is 6.40. The number of ether oxygens (including phenoxy) is 1. The Morgan fingerprint density at radius 3 is 2.37 bits per heavy atom. The van der Waals surface area contributed by atoms with Gasteiger partial charge in [0.25, 0.3) is 5.91 Å². The second-order valence-corrected chi connectivity index (χ2v) is 9.69. The summed E-state index contributed by atoms with van der Waals surface area (Å²) < 4.78 is 29.1. The van der Waals surface area contributed by atoms with Crippen LogP contribution in [0.4, 0.5) is 14.5 Å². The van der Waals surface area contributed by atoms with Crippen LogP contribution < -0.4 is 15.4 Å². The molecular formula is C26H30F2N6O3S. The lowest BCUT2D eigenvalue weighted by atomic mass is 10.2. The first kappa shape index (κ1) is 29.0. The molecule has 0 aliphatic carbocycles. The van der Waals surface area contributed by atoms with Crippen molar-refractivity contribution in [3.8, 4) is 5.75 Å². The maximum Gasteiger partial charge on any atom is 0.387 e. The van der Waals surface area contributed by atoms with Gasteiger partial charge in [-0.1, -0.05) is 11.8 Å². The number of thioether (sulfide) groups is 1. The van der Waals surface area contributed by atoms with Crippen LogP contribution in [0, 0.1) is 0 Å². The van der Waals surface area contributed by atoms with Crippen LogP contribution in [-0.2, 0) is 4.79 Å². The van der Waals surface area contributed by atoms with Crippen molar-refractivity contribution in [2.45, 2.75) is 17.0 Å². The number of carbonyl (C=O) groups is 2. The van der Waals surface area contributed by atoms with Crippen LogP contribution in [0.15, 0.2) is 72.1 Å². The first-order valence-electron chi connectivity index (χ1n) is 11.7. The number of halogens is 2. The monoisotopic (exact) mass is 544 g/mol. The van der Waals surface area contributed by atoms with Gasteiger partial charge >= 0.3 is 6.61 Å². The molecule has 202 valence electrons. The Bertz CT molecular complexity index is 1190. The molecule has 0 aliphatic rings. The highest BCUT2D eigenvalue weighted by Crippen LogP contribution is 2.34. The Morgan fingerprint density at radius 2 is 1.71 bits per heavy atom. The van der Waals surface area contributed by atoms with Crippen molar-refractivity contribution >= 4 is 29.3 Å². The zero-order valence-electron chi connectivity index (χ0n) is 21.3. The van der Waals surface area contributed by atoms with Crippen molar-refractivity contribution < 1.29 is 23.1 Å². The van der Waals surface area contributed by atoms with Gasteiger partial charge in [-0.2, -0.15) is 8.78 Å². The van der Waals surface area contributed by atoms with E-state index >= 15 is 0 Å². The van der Waals surface area contributed by atoms with Crippen LogP contribution in [0.2, 0.25) is 0 Å². The molecule has 3 rings (SSSR count). The summed E-state index contributed by atoms with van der Waals surface area (Å²) in [5, 5.41) is 5.65. The number of hydrogen-bond donors (Lipinski definition) is 2. The average molecular weight is 545 g/mol. The number of pyridine rings is 2. The number of anilines is 1. The Kier molecular flexibility index (Phi) is 10.9. The van der Waals surface area contributed by atoms with E-state index in [9.17, 15) is 18.4 Å². The van der Waals surface area contributed by atoms with E-state index in [1.54, 1.807) is 42.9 Å². The number of benzene rings is 1. The molecule has 0 spiro atoms. The van der Waals surface area contributed by atoms with Gasteiger partial charge in [0, 0.05) is 37.4 Å². The molecular weight excluding hydrogens is 514 g/mol. The van der Waals surface area contributed by atoms with Gasteiger partial charge in [-0.15, -0.1) is 0 Å². The molecule has 0 bridgehead atoms. The summed E-state index contributed by atoms with van der Waals surface area (Å²) in [7, 11) is 5.83. The second-order valence-electron chi connectivity index (χ2n) is 8.60. The Hall–Kier alpha value is -3.61. The second kappa shape index (κ2) is 14.4. The number of hydrogen-bond acceptors (Lipinski definition) is 8. The minimum absolute atomic E-state index is 0.0149. The van der Waals surface area contributed by atoms with Gasteiger partial charge in [-0.3, -0.25) is 19.5 Å². The fourth-order valence-corrected chi connectivity index (χ4v) is 4.41. The number of nitrogens with one attached hydrogen (secondary N) is 2. The van der Waals surface area contributed by atoms with Gasteiger partial charge in [-0.05, 0) is 75.2 Å². The molecule has 2 heterocycles. The van der Waals surface area contributed by atoms with Gasteiger partial charge in [0.15, 0.2) is 0 Å². The molecule has 1 unspecified atom stereocenters. The van der Waals surface area contributed by atoms with Crippen molar-refractivity contribution in [3.63, 3.8) is 0 Å². The highest BCUT2D eigenvalue weighted by Gasteiger charge is 2.22. The molecule has 0 aliphatic heterocycles. The SMILES string of the molecule is CN(C)CCN(C)CC(=O)NC(Sc1ncccc1C(=O)Nc1ccc(OC(F)F)cc1)c1ccncc1. The lowest BCUT2D eigenvalue weighted by Gasteiger charge is -2.22. The van der Waals surface area contributed by atoms with Crippen LogP contribution in [0.1, 0.15) is 21.3 Å². The van der Waals surface area contributed by atoms with Crippen LogP contribution >= 0.6 is 11.8 Å². The zero-order chi connectivity index (χ0) is 27.5. The lowest BCUT2D eigenvalue weighted by molar-refractivity contribution is -0.122. The van der Waals surface area contributed by atoms with Gasteiger partial charge in [0.1, 0.15) is 16.1 Å². The number of aromatic nitrogens is 2. The molecule has 1 aromatic carbocycles. The van der Waals surface area contributed by atoms with E-state index in [2.05, 4.69) is 25.3 Å². The molecule has 9 nitrogen and oxygen atoms in total. The Balaban J connectivity index is 1.74. The van der Waals surface area contributed by atoms with Crippen molar-refractivity contribution in [1.82, 2.24) is 25.1 Å². The predicted molar refractivity (Wildman–Crippen MR) is 142 cm³/mol. The highest BCUT2D eigenvalue weighted by molar-refractivity contribution is 7.99. The molecule has 0 radical (unpaired) electrons. The number of rotatable bonds is 13. The first-order chi connectivity index (χ1) is 18.2. The van der Waals surface area contributed by atoms with Crippen LogP contribution in [0.25, 0.3) is 0 Å². The van der Waals surface area contributed by atoms with Crippen LogP contribution in [0.3, 0.4) is 0 Å². The molecule has 12 heteroatoms. The Labute approximate surface area is 224 Å². The highest BCUT2D eigenvalue weighted by atomic mass is 32.2. The van der Waals surface area contributed by atoms with E-state index in [0.717, 1.165) is 18.7 Å². The van der Waals surface area contributed by atoms with Gasteiger partial charge in [-0.25, -0.2) is 4.98 Å². The average Bonchev–Trinajstić information content (AvgIpc) is 2.88. The summed E-state index contributed by atoms with van der Waals surface area (Å²) in [6.45, 7) is -1.18. The Morgan fingerprint density at radius 1 is 1.00 bits per heavy atom. The zero-order valence-corrected chi connectivity index (χ0v) is 22.1. The van der Waals surface area contributed by atoms with E-state index in [4.69, 9.17) is 0 Å². The molecule has 0 saturated heterocycles. The molecule has 0 fully saturated rings. The number of likely N-dealkylation sites (N-methyl/N-ethyl adjacent to an activating group) is 2. The number of amides is 2. The molecule has 2 aromatic heterocycles. The summed E-state index contributed by atoms with van der Waals surface area (Å²) in [6, 6.07) is 12.4. The summed E-state index contributed by atoms with van der Waals surface area (Å²) in [5.41, 5.74) is 1.49. The molecule has 0 saturated carbocycles.